The van der Waals surface area contributed by atoms with Crippen LogP contribution in [0.2, 0.25) is 0 Å². The molecule has 10 heteroatoms. The van der Waals surface area contributed by atoms with Gasteiger partial charge in [-0.05, 0) is 25.0 Å². The monoisotopic (exact) mass is 427 g/mol. The topological polar surface area (TPSA) is 132 Å². The van der Waals surface area contributed by atoms with Crippen LogP contribution in [0.4, 0.5) is 17.2 Å². The highest BCUT2D eigenvalue weighted by Gasteiger charge is 2.30. The van der Waals surface area contributed by atoms with Crippen LogP contribution in [0.15, 0.2) is 24.4 Å². The van der Waals surface area contributed by atoms with Crippen molar-refractivity contribution in [1.82, 2.24) is 15.3 Å². The number of carbonyl (C=O) groups is 3. The molecule has 1 aliphatic carbocycles. The smallest absolute Gasteiger partial charge is 0.341 e. The van der Waals surface area contributed by atoms with Crippen molar-refractivity contribution >= 4 is 35.0 Å². The van der Waals surface area contributed by atoms with Crippen molar-refractivity contribution in [3.05, 3.63) is 35.7 Å². The van der Waals surface area contributed by atoms with E-state index in [0.717, 1.165) is 12.8 Å². The van der Waals surface area contributed by atoms with Crippen molar-refractivity contribution in [3.8, 4) is 5.88 Å². The molecule has 0 spiro atoms. The lowest BCUT2D eigenvalue weighted by molar-refractivity contribution is -0.121. The minimum Gasteiger partial charge on any atom is -0.480 e. The molecular weight excluding hydrogens is 402 g/mol. The molecule has 0 atom stereocenters. The van der Waals surface area contributed by atoms with Crippen molar-refractivity contribution in [1.29, 1.82) is 0 Å². The first kappa shape index (κ1) is 22.0. The zero-order valence-electron chi connectivity index (χ0n) is 17.7. The van der Waals surface area contributed by atoms with Gasteiger partial charge in [0, 0.05) is 24.6 Å². The number of methoxy groups -OCH3 is 2. The molecule has 0 bridgehead atoms. The average molecular weight is 427 g/mol. The third kappa shape index (κ3) is 5.68. The second-order valence-electron chi connectivity index (χ2n) is 6.98. The first-order valence-electron chi connectivity index (χ1n) is 9.92. The van der Waals surface area contributed by atoms with Crippen LogP contribution in [-0.2, 0) is 20.9 Å². The maximum atomic E-state index is 12.2. The largest absolute Gasteiger partial charge is 0.480 e. The number of hydrogen-bond acceptors (Lipinski definition) is 8. The molecule has 0 unspecified atom stereocenters. The first-order valence-corrected chi connectivity index (χ1v) is 9.92. The molecule has 2 heterocycles. The molecule has 0 saturated heterocycles. The second-order valence-corrected chi connectivity index (χ2v) is 6.98. The van der Waals surface area contributed by atoms with Gasteiger partial charge in [0.15, 0.2) is 0 Å². The fourth-order valence-corrected chi connectivity index (χ4v) is 2.76. The number of nitrogens with zero attached hydrogens (tertiary/aromatic N) is 2. The fourth-order valence-electron chi connectivity index (χ4n) is 2.76. The van der Waals surface area contributed by atoms with Gasteiger partial charge in [0.2, 0.25) is 17.7 Å². The van der Waals surface area contributed by atoms with E-state index in [1.807, 2.05) is 0 Å². The number of anilines is 3. The molecule has 0 radical (unpaired) electrons. The minimum absolute atomic E-state index is 0.0172. The summed E-state index contributed by atoms with van der Waals surface area (Å²) in [6.45, 7) is 2.04. The molecule has 1 aliphatic rings. The average Bonchev–Trinajstić information content (AvgIpc) is 3.63. The van der Waals surface area contributed by atoms with Gasteiger partial charge in [-0.3, -0.25) is 9.59 Å². The van der Waals surface area contributed by atoms with Crippen LogP contribution >= 0.6 is 0 Å². The van der Waals surface area contributed by atoms with Crippen molar-refractivity contribution in [2.24, 2.45) is 5.92 Å². The number of carbonyl (C=O) groups excluding carboxylic acids is 3. The standard InChI is InChI=1S/C21H25N5O5/c1-4-18(27)23-10-13-7-8-15(20(24-13)30-2)25-16-9-17(26-19(28)12-5-6-12)22-11-14(16)21(29)31-3/h7-9,11-12H,4-6,10H2,1-3H3,(H,23,27)(H2,22,25,26,28). The summed E-state index contributed by atoms with van der Waals surface area (Å²) in [7, 11) is 2.74. The maximum absolute atomic E-state index is 12.2. The van der Waals surface area contributed by atoms with Gasteiger partial charge in [0.25, 0.3) is 0 Å². The summed E-state index contributed by atoms with van der Waals surface area (Å²) in [6.07, 6.45) is 3.45. The van der Waals surface area contributed by atoms with Gasteiger partial charge < -0.3 is 25.4 Å². The third-order valence-electron chi connectivity index (χ3n) is 4.68. The molecule has 2 amide bonds. The fraction of sp³-hybridized carbons (Fsp3) is 0.381. The Balaban J connectivity index is 1.85. The molecule has 0 aliphatic heterocycles. The molecule has 3 N–H and O–H groups in total. The van der Waals surface area contributed by atoms with Gasteiger partial charge in [-0.1, -0.05) is 6.92 Å². The van der Waals surface area contributed by atoms with E-state index in [2.05, 4.69) is 25.9 Å². The number of rotatable bonds is 9. The molecule has 31 heavy (non-hydrogen) atoms. The summed E-state index contributed by atoms with van der Waals surface area (Å²) in [4.78, 5) is 44.3. The van der Waals surface area contributed by atoms with Gasteiger partial charge in [0.05, 0.1) is 32.1 Å². The Hall–Kier alpha value is -3.69. The normalized spacial score (nSPS) is 12.6. The highest BCUT2D eigenvalue weighted by molar-refractivity contribution is 5.98. The quantitative estimate of drug-likeness (QED) is 0.520. The lowest BCUT2D eigenvalue weighted by Crippen LogP contribution is -2.22. The van der Waals surface area contributed by atoms with Crippen LogP contribution < -0.4 is 20.7 Å². The van der Waals surface area contributed by atoms with Crippen LogP contribution in [0.25, 0.3) is 0 Å². The Morgan fingerprint density at radius 3 is 2.58 bits per heavy atom. The zero-order valence-corrected chi connectivity index (χ0v) is 17.7. The number of pyridine rings is 2. The van der Waals surface area contributed by atoms with Crippen molar-refractivity contribution < 1.29 is 23.9 Å². The Bertz CT molecular complexity index is 990. The lowest BCUT2D eigenvalue weighted by Gasteiger charge is -2.15. The number of ether oxygens (including phenoxy) is 2. The number of aromatic nitrogens is 2. The SMILES string of the molecule is CCC(=O)NCc1ccc(Nc2cc(NC(=O)C3CC3)ncc2C(=O)OC)c(OC)n1. The Morgan fingerprint density at radius 1 is 1.16 bits per heavy atom. The van der Waals surface area contributed by atoms with Crippen molar-refractivity contribution in [2.75, 3.05) is 24.9 Å². The second kappa shape index (κ2) is 9.88. The molecule has 2 aromatic rings. The Labute approximate surface area is 179 Å². The van der Waals surface area contributed by atoms with E-state index in [1.165, 1.54) is 20.4 Å². The number of amides is 2. The number of esters is 1. The van der Waals surface area contributed by atoms with Crippen LogP contribution in [0.5, 0.6) is 5.88 Å². The van der Waals surface area contributed by atoms with Crippen molar-refractivity contribution in [3.63, 3.8) is 0 Å². The third-order valence-corrected chi connectivity index (χ3v) is 4.68. The van der Waals surface area contributed by atoms with E-state index in [-0.39, 0.29) is 35.7 Å². The van der Waals surface area contributed by atoms with Crippen LogP contribution in [0, 0.1) is 5.92 Å². The van der Waals surface area contributed by atoms with Crippen LogP contribution in [0.1, 0.15) is 42.2 Å². The maximum Gasteiger partial charge on any atom is 0.341 e. The minimum atomic E-state index is -0.583. The molecule has 3 rings (SSSR count). The highest BCUT2D eigenvalue weighted by Crippen LogP contribution is 2.32. The predicted octanol–water partition coefficient (Wildman–Crippen LogP) is 2.39. The summed E-state index contributed by atoms with van der Waals surface area (Å²) < 4.78 is 10.2. The van der Waals surface area contributed by atoms with E-state index in [9.17, 15) is 14.4 Å². The Kier molecular flexibility index (Phi) is 7.01. The van der Waals surface area contributed by atoms with Crippen LogP contribution in [-0.4, -0.2) is 42.0 Å². The van der Waals surface area contributed by atoms with E-state index in [0.29, 0.717) is 29.3 Å². The van der Waals surface area contributed by atoms with E-state index >= 15 is 0 Å². The molecule has 164 valence electrons. The number of hydrogen-bond donors (Lipinski definition) is 3. The molecule has 0 aromatic carbocycles. The summed E-state index contributed by atoms with van der Waals surface area (Å²) in [5.74, 6) is -0.146. The van der Waals surface area contributed by atoms with E-state index in [1.54, 1.807) is 25.1 Å². The van der Waals surface area contributed by atoms with E-state index in [4.69, 9.17) is 9.47 Å². The summed E-state index contributed by atoms with van der Waals surface area (Å²) in [5, 5.41) is 8.61. The highest BCUT2D eigenvalue weighted by atomic mass is 16.5. The molecule has 1 fully saturated rings. The lowest BCUT2D eigenvalue weighted by atomic mass is 10.2. The van der Waals surface area contributed by atoms with Crippen molar-refractivity contribution in [2.45, 2.75) is 32.7 Å². The summed E-state index contributed by atoms with van der Waals surface area (Å²) >= 11 is 0. The molecule has 10 nitrogen and oxygen atoms in total. The summed E-state index contributed by atoms with van der Waals surface area (Å²) in [6, 6.07) is 5.01. The van der Waals surface area contributed by atoms with Gasteiger partial charge in [-0.15, -0.1) is 0 Å². The number of nitrogens with one attached hydrogen (secondary N) is 3. The van der Waals surface area contributed by atoms with Crippen LogP contribution in [0.3, 0.4) is 0 Å². The van der Waals surface area contributed by atoms with Gasteiger partial charge >= 0.3 is 5.97 Å². The summed E-state index contributed by atoms with van der Waals surface area (Å²) in [5.41, 5.74) is 1.67. The van der Waals surface area contributed by atoms with Gasteiger partial charge in [-0.25, -0.2) is 14.8 Å². The van der Waals surface area contributed by atoms with Gasteiger partial charge in [0.1, 0.15) is 17.1 Å². The van der Waals surface area contributed by atoms with Gasteiger partial charge in [-0.2, -0.15) is 0 Å². The first-order chi connectivity index (χ1) is 14.9. The molecule has 1 saturated carbocycles. The Morgan fingerprint density at radius 2 is 1.94 bits per heavy atom. The zero-order chi connectivity index (χ0) is 22.4. The van der Waals surface area contributed by atoms with E-state index < -0.39 is 5.97 Å². The predicted molar refractivity (Wildman–Crippen MR) is 113 cm³/mol. The molecular formula is C21H25N5O5. The molecule has 2 aromatic heterocycles.